The Morgan fingerprint density at radius 1 is 0.565 bits per heavy atom. The van der Waals surface area contributed by atoms with E-state index >= 15 is 0 Å². The van der Waals surface area contributed by atoms with Gasteiger partial charge < -0.3 is 0 Å². The number of rotatable bonds is 6. The van der Waals surface area contributed by atoms with Crippen LogP contribution in [0.1, 0.15) is 11.1 Å². The molecule has 0 aromatic heterocycles. The van der Waals surface area contributed by atoms with Crippen molar-refractivity contribution < 1.29 is 8.97 Å². The fourth-order valence-electron chi connectivity index (χ4n) is 4.60. The van der Waals surface area contributed by atoms with E-state index in [9.17, 15) is 0 Å². The molecule has 0 saturated carbocycles. The molecule has 0 unspecified atom stereocenters. The van der Waals surface area contributed by atoms with Crippen LogP contribution in [-0.2, 0) is 12.8 Å². The zero-order chi connectivity index (χ0) is 15.6. The topological polar surface area (TPSA) is 0 Å². The van der Waals surface area contributed by atoms with Crippen molar-refractivity contribution in [3.8, 4) is 0 Å². The Morgan fingerprint density at radius 2 is 0.957 bits per heavy atom. The summed E-state index contributed by atoms with van der Waals surface area (Å²) in [5.74, 6) is 0. The second-order valence-electron chi connectivity index (χ2n) is 7.64. The quantitative estimate of drug-likeness (QED) is 0.720. The lowest BCUT2D eigenvalue weighted by Crippen LogP contribution is -2.48. The lowest BCUT2D eigenvalue weighted by atomic mass is 10.1. The molecule has 4 rings (SSSR count). The van der Waals surface area contributed by atoms with Crippen LogP contribution >= 0.6 is 0 Å². The maximum Gasteiger partial charge on any atom is 0.208 e. The lowest BCUT2D eigenvalue weighted by molar-refractivity contribution is -0.987. The zero-order valence-electron chi connectivity index (χ0n) is 14.0. The first kappa shape index (κ1) is 14.9. The van der Waals surface area contributed by atoms with Gasteiger partial charge >= 0.3 is 0 Å². The van der Waals surface area contributed by atoms with Gasteiger partial charge in [0.2, 0.25) is 6.67 Å². The Bertz CT molecular complexity index is 570. The minimum Gasteiger partial charge on any atom is -0.268 e. The van der Waals surface area contributed by atoms with Crippen LogP contribution in [0.2, 0.25) is 0 Å². The molecule has 0 aliphatic carbocycles. The molecule has 2 fully saturated rings. The molecule has 23 heavy (non-hydrogen) atoms. The summed E-state index contributed by atoms with van der Waals surface area (Å²) in [6.07, 6.45) is 2.47. The number of piperazine rings is 1. The fraction of sp³-hybridized carbons (Fsp3) is 0.429. The van der Waals surface area contributed by atoms with Gasteiger partial charge in [0, 0.05) is 12.8 Å². The van der Waals surface area contributed by atoms with Crippen LogP contribution in [0.5, 0.6) is 0 Å². The average Bonchev–Trinajstić information content (AvgIpc) is 3.17. The van der Waals surface area contributed by atoms with E-state index in [1.54, 1.807) is 0 Å². The SMILES string of the molecule is c1ccc(CC[N+]23CC[N+](CCc4ccccc4)(CC2)C3)cc1. The smallest absolute Gasteiger partial charge is 0.208 e. The van der Waals surface area contributed by atoms with Gasteiger partial charge in [-0.1, -0.05) is 60.7 Å². The van der Waals surface area contributed by atoms with E-state index in [0.717, 1.165) is 0 Å². The molecule has 2 saturated heterocycles. The Hall–Kier alpha value is -1.64. The van der Waals surface area contributed by atoms with E-state index in [0.29, 0.717) is 0 Å². The van der Waals surface area contributed by atoms with Gasteiger partial charge in [-0.25, -0.2) is 0 Å². The van der Waals surface area contributed by atoms with Crippen molar-refractivity contribution in [2.24, 2.45) is 0 Å². The highest BCUT2D eigenvalue weighted by molar-refractivity contribution is 5.15. The molecule has 2 aliphatic rings. The van der Waals surface area contributed by atoms with E-state index in [1.165, 1.54) is 78.9 Å². The average molecular weight is 308 g/mol. The molecule has 0 amide bonds. The molecule has 0 spiro atoms. The van der Waals surface area contributed by atoms with Crippen molar-refractivity contribution in [2.45, 2.75) is 12.8 Å². The Kier molecular flexibility index (Phi) is 3.96. The van der Waals surface area contributed by atoms with Gasteiger partial charge in [-0.2, -0.15) is 0 Å². The maximum atomic E-state index is 2.28. The predicted octanol–water partition coefficient (Wildman–Crippen LogP) is 3.09. The molecular formula is C21H28N2+2. The van der Waals surface area contributed by atoms with Gasteiger partial charge in [-0.05, 0) is 11.1 Å². The Balaban J connectivity index is 1.35. The monoisotopic (exact) mass is 308 g/mol. The van der Waals surface area contributed by atoms with Gasteiger partial charge in [-0.15, -0.1) is 0 Å². The van der Waals surface area contributed by atoms with E-state index in [-0.39, 0.29) is 0 Å². The largest absolute Gasteiger partial charge is 0.268 e. The summed E-state index contributed by atoms with van der Waals surface area (Å²) in [7, 11) is 0. The number of hydrogen-bond donors (Lipinski definition) is 0. The van der Waals surface area contributed by atoms with Crippen LogP contribution in [0.3, 0.4) is 0 Å². The van der Waals surface area contributed by atoms with Gasteiger partial charge in [0.15, 0.2) is 0 Å². The number of fused-ring (bicyclic) bond motifs is 2. The number of quaternary nitrogens is 2. The number of hydrogen-bond acceptors (Lipinski definition) is 0. The molecule has 2 bridgehead atoms. The first-order valence-electron chi connectivity index (χ1n) is 9.06. The van der Waals surface area contributed by atoms with E-state index in [1.807, 2.05) is 0 Å². The minimum absolute atomic E-state index is 1.24. The van der Waals surface area contributed by atoms with Crippen molar-refractivity contribution in [2.75, 3.05) is 45.9 Å². The molecule has 0 radical (unpaired) electrons. The van der Waals surface area contributed by atoms with E-state index in [2.05, 4.69) is 60.7 Å². The van der Waals surface area contributed by atoms with Crippen molar-refractivity contribution in [1.29, 1.82) is 0 Å². The second kappa shape index (κ2) is 6.10. The molecule has 2 aromatic carbocycles. The minimum atomic E-state index is 1.24. The van der Waals surface area contributed by atoms with Crippen molar-refractivity contribution in [3.05, 3.63) is 71.8 Å². The van der Waals surface area contributed by atoms with Crippen LogP contribution in [0.25, 0.3) is 0 Å². The van der Waals surface area contributed by atoms with Crippen LogP contribution in [0, 0.1) is 0 Å². The molecule has 2 heterocycles. The first-order chi connectivity index (χ1) is 11.3. The Morgan fingerprint density at radius 3 is 1.35 bits per heavy atom. The van der Waals surface area contributed by atoms with Crippen LogP contribution in [-0.4, -0.2) is 54.9 Å². The van der Waals surface area contributed by atoms with E-state index < -0.39 is 0 Å². The second-order valence-corrected chi connectivity index (χ2v) is 7.64. The summed E-state index contributed by atoms with van der Waals surface area (Å²) in [5, 5.41) is 0. The highest BCUT2D eigenvalue weighted by Gasteiger charge is 2.54. The summed E-state index contributed by atoms with van der Waals surface area (Å²) in [6.45, 7) is 9.59. The van der Waals surface area contributed by atoms with Gasteiger partial charge in [0.05, 0.1) is 13.1 Å². The van der Waals surface area contributed by atoms with Gasteiger partial charge in [0.1, 0.15) is 26.2 Å². The third-order valence-corrected chi connectivity index (χ3v) is 6.13. The number of nitrogens with zero attached hydrogens (tertiary/aromatic N) is 2. The molecule has 2 nitrogen and oxygen atoms in total. The molecule has 0 N–H and O–H groups in total. The van der Waals surface area contributed by atoms with Crippen molar-refractivity contribution >= 4 is 0 Å². The summed E-state index contributed by atoms with van der Waals surface area (Å²) < 4.78 is 2.73. The summed E-state index contributed by atoms with van der Waals surface area (Å²) in [4.78, 5) is 0. The standard InChI is InChI=1S/C21H28N2/c1-3-7-20(8-4-1)11-13-22-15-17-23(19-22,18-16-22)14-12-21-9-5-2-6-10-21/h1-10H,11-19H2/q+2. The Labute approximate surface area is 140 Å². The molecule has 2 heteroatoms. The molecular weight excluding hydrogens is 280 g/mol. The predicted molar refractivity (Wildman–Crippen MR) is 94.9 cm³/mol. The highest BCUT2D eigenvalue weighted by Crippen LogP contribution is 2.32. The molecule has 0 atom stereocenters. The van der Waals surface area contributed by atoms with Crippen LogP contribution < -0.4 is 0 Å². The highest BCUT2D eigenvalue weighted by atomic mass is 15.6. The van der Waals surface area contributed by atoms with Crippen LogP contribution in [0.4, 0.5) is 0 Å². The van der Waals surface area contributed by atoms with Gasteiger partial charge in [-0.3, -0.25) is 8.97 Å². The van der Waals surface area contributed by atoms with E-state index in [4.69, 9.17) is 0 Å². The lowest BCUT2D eigenvalue weighted by Gasteiger charge is -2.27. The maximum absolute atomic E-state index is 2.28. The first-order valence-corrected chi connectivity index (χ1v) is 9.06. The zero-order valence-corrected chi connectivity index (χ0v) is 14.0. The molecule has 2 aliphatic heterocycles. The van der Waals surface area contributed by atoms with Crippen LogP contribution in [0.15, 0.2) is 60.7 Å². The fourth-order valence-corrected chi connectivity index (χ4v) is 4.60. The summed E-state index contributed by atoms with van der Waals surface area (Å²) in [6, 6.07) is 22.0. The van der Waals surface area contributed by atoms with Crippen molar-refractivity contribution in [1.82, 2.24) is 0 Å². The third-order valence-electron chi connectivity index (χ3n) is 6.13. The van der Waals surface area contributed by atoms with Gasteiger partial charge in [0.25, 0.3) is 0 Å². The normalized spacial score (nSPS) is 29.0. The summed E-state index contributed by atoms with van der Waals surface area (Å²) in [5.41, 5.74) is 3.00. The van der Waals surface area contributed by atoms with Crippen molar-refractivity contribution in [3.63, 3.8) is 0 Å². The third kappa shape index (κ3) is 3.19. The molecule has 2 aromatic rings. The number of benzene rings is 2. The summed E-state index contributed by atoms with van der Waals surface area (Å²) >= 11 is 0. The molecule has 120 valence electrons.